The average molecular weight is 935 g/mol. The van der Waals surface area contributed by atoms with Gasteiger partial charge in [-0.3, -0.25) is 29.6 Å². The number of carbonyl (C=O) groups is 3. The minimum Gasteiger partial charge on any atom is -0.507 e. The maximum atomic E-state index is 13.2. The minimum absolute atomic E-state index is 0.116. The van der Waals surface area contributed by atoms with Crippen LogP contribution in [0.25, 0.3) is 34.1 Å². The first-order chi connectivity index (χ1) is 33.4. The van der Waals surface area contributed by atoms with E-state index >= 15 is 0 Å². The van der Waals surface area contributed by atoms with Crippen LogP contribution in [-0.4, -0.2) is 120 Å². The van der Waals surface area contributed by atoms with Crippen LogP contribution in [0.2, 0.25) is 0 Å². The average Bonchev–Trinajstić information content (AvgIpc) is 4.00. The van der Waals surface area contributed by atoms with Gasteiger partial charge in [-0.15, -0.1) is 0 Å². The van der Waals surface area contributed by atoms with Crippen molar-refractivity contribution in [1.82, 2.24) is 44.3 Å². The maximum absolute atomic E-state index is 13.2. The third-order valence-corrected chi connectivity index (χ3v) is 16.3. The van der Waals surface area contributed by atoms with Crippen molar-refractivity contribution in [3.8, 4) is 17.1 Å². The van der Waals surface area contributed by atoms with Gasteiger partial charge in [0.1, 0.15) is 17.6 Å². The number of aryl methyl sites for hydroxylation is 2. The molecule has 4 fully saturated rings. The summed E-state index contributed by atoms with van der Waals surface area (Å²) in [6, 6.07) is 16.1. The molecule has 0 radical (unpaired) electrons. The summed E-state index contributed by atoms with van der Waals surface area (Å²) in [6.45, 7) is 14.7. The van der Waals surface area contributed by atoms with Crippen LogP contribution in [0.15, 0.2) is 54.7 Å². The van der Waals surface area contributed by atoms with Crippen molar-refractivity contribution in [3.05, 3.63) is 88.5 Å². The Morgan fingerprint density at radius 3 is 2.43 bits per heavy atom. The zero-order chi connectivity index (χ0) is 47.4. The highest BCUT2D eigenvalue weighted by molar-refractivity contribution is 6.05. The molecule has 2 N–H and O–H groups in total. The Bertz CT molecular complexity index is 2800. The van der Waals surface area contributed by atoms with Crippen molar-refractivity contribution < 1.29 is 24.2 Å². The van der Waals surface area contributed by atoms with Crippen molar-refractivity contribution >= 4 is 46.3 Å². The van der Waals surface area contributed by atoms with Crippen LogP contribution in [0.5, 0.6) is 5.88 Å². The minimum atomic E-state index is -0.587. The Morgan fingerprint density at radius 2 is 1.65 bits per heavy atom. The Labute approximate surface area is 404 Å². The van der Waals surface area contributed by atoms with E-state index in [4.69, 9.17) is 14.7 Å². The molecule has 362 valence electrons. The number of anilines is 1. The fourth-order valence-electron chi connectivity index (χ4n) is 12.2. The number of benzene rings is 2. The number of likely N-dealkylation sites (tertiary alicyclic amines) is 2. The molecule has 15 heteroatoms. The van der Waals surface area contributed by atoms with E-state index in [1.165, 1.54) is 50.9 Å². The van der Waals surface area contributed by atoms with Crippen LogP contribution in [0.3, 0.4) is 0 Å². The second-order valence-electron chi connectivity index (χ2n) is 21.1. The number of imide groups is 1. The normalized spacial score (nSPS) is 23.7. The molecule has 3 amide bonds. The Balaban J connectivity index is 0.683. The molecule has 6 aliphatic heterocycles. The highest BCUT2D eigenvalue weighted by atomic mass is 16.5. The zero-order valence-electron chi connectivity index (χ0n) is 40.5. The van der Waals surface area contributed by atoms with Gasteiger partial charge in [-0.1, -0.05) is 13.0 Å². The number of hydrogen-bond acceptors (Lipinski definition) is 11. The second kappa shape index (κ2) is 18.7. The maximum Gasteiger partial charge on any atom is 0.255 e. The third-order valence-electron chi connectivity index (χ3n) is 16.3. The number of hydrogen-bond donors (Lipinski definition) is 2. The quantitative estimate of drug-likeness (QED) is 0.164. The lowest BCUT2D eigenvalue weighted by Gasteiger charge is -2.47. The van der Waals surface area contributed by atoms with Gasteiger partial charge in [-0.2, -0.15) is 5.10 Å². The molecule has 1 unspecified atom stereocenters. The number of amides is 3. The standard InChI is InChI=1S/C54H66N10O5/c1-35-5-4-24-69-53-43(30-55-59(53)3)45-28-39(25-36(2)56-45)48(65)29-49-57-44-9-6-38(26-47(44)63(49)31-35)33-61-22-16-54(17-23-61)14-20-60(21-15-54)32-37-12-18-62(19-13-37)41-7-8-42-40(27-41)34-64(52(42)68)46-10-11-50(66)58-51(46)67/h6-9,25-30,35,37,46,65H,4-5,10-24,31-34H2,1-3H3,(H,58,66,67)/b48-29-/t35-,46?/m1/s1. The molecule has 9 heterocycles. The van der Waals surface area contributed by atoms with E-state index in [2.05, 4.69) is 66.9 Å². The first kappa shape index (κ1) is 45.4. The first-order valence-corrected chi connectivity index (χ1v) is 25.5. The number of nitrogens with one attached hydrogen (secondary N) is 1. The van der Waals surface area contributed by atoms with Gasteiger partial charge in [0.05, 0.1) is 35.1 Å². The number of carbonyl (C=O) groups excluding carboxylic acids is 3. The summed E-state index contributed by atoms with van der Waals surface area (Å²) in [5.74, 6) is 1.90. The second-order valence-corrected chi connectivity index (χ2v) is 21.1. The number of aliphatic hydroxyl groups excluding tert-OH is 1. The number of piperidine rings is 4. The van der Waals surface area contributed by atoms with Crippen molar-refractivity contribution in [1.29, 1.82) is 0 Å². The molecule has 6 aliphatic rings. The molecular formula is C54H66N10O5. The van der Waals surface area contributed by atoms with Gasteiger partial charge in [-0.05, 0) is 162 Å². The van der Waals surface area contributed by atoms with E-state index in [-0.39, 0.29) is 29.9 Å². The van der Waals surface area contributed by atoms with Crippen LogP contribution < -0.4 is 15.0 Å². The Kier molecular flexibility index (Phi) is 12.3. The number of aliphatic hydroxyl groups is 1. The molecule has 5 aromatic rings. The molecule has 0 saturated carbocycles. The van der Waals surface area contributed by atoms with Crippen molar-refractivity contribution in [2.75, 3.05) is 57.3 Å². The van der Waals surface area contributed by atoms with Gasteiger partial charge in [0.25, 0.3) is 5.91 Å². The number of fused-ring (bicyclic) bond motifs is 8. The van der Waals surface area contributed by atoms with E-state index in [1.54, 1.807) is 15.8 Å². The van der Waals surface area contributed by atoms with Crippen LogP contribution in [-0.2, 0) is 36.3 Å². The molecule has 0 aliphatic carbocycles. The summed E-state index contributed by atoms with van der Waals surface area (Å²) in [5, 5.41) is 18.5. The number of rotatable bonds is 6. The zero-order valence-corrected chi connectivity index (χ0v) is 40.5. The van der Waals surface area contributed by atoms with Crippen LogP contribution in [0.1, 0.15) is 110 Å². The van der Waals surface area contributed by atoms with E-state index in [0.29, 0.717) is 59.5 Å². The largest absolute Gasteiger partial charge is 0.507 e. The van der Waals surface area contributed by atoms with Crippen LogP contribution in [0, 0.1) is 24.2 Å². The highest BCUT2D eigenvalue weighted by Crippen LogP contribution is 2.42. The molecule has 2 atom stereocenters. The van der Waals surface area contributed by atoms with Gasteiger partial charge in [0.2, 0.25) is 17.7 Å². The van der Waals surface area contributed by atoms with Crippen molar-refractivity contribution in [2.24, 2.45) is 24.3 Å². The number of nitrogens with zero attached hydrogens (tertiary/aromatic N) is 9. The molecule has 3 aromatic heterocycles. The lowest BCUT2D eigenvalue weighted by molar-refractivity contribution is -0.136. The number of aromatic nitrogens is 5. The molecule has 15 nitrogen and oxygen atoms in total. The van der Waals surface area contributed by atoms with Gasteiger partial charge in [-0.25, -0.2) is 9.67 Å². The summed E-state index contributed by atoms with van der Waals surface area (Å²) in [6.07, 6.45) is 13.5. The lowest BCUT2D eigenvalue weighted by Crippen LogP contribution is -2.52. The number of ether oxygens (including phenoxy) is 1. The summed E-state index contributed by atoms with van der Waals surface area (Å²) in [5.41, 5.74) is 9.59. The summed E-state index contributed by atoms with van der Waals surface area (Å²) < 4.78 is 10.4. The predicted octanol–water partition coefficient (Wildman–Crippen LogP) is 7.36. The van der Waals surface area contributed by atoms with Gasteiger partial charge < -0.3 is 29.1 Å². The van der Waals surface area contributed by atoms with E-state index in [0.717, 1.165) is 104 Å². The van der Waals surface area contributed by atoms with E-state index < -0.39 is 6.04 Å². The highest BCUT2D eigenvalue weighted by Gasteiger charge is 2.40. The Morgan fingerprint density at radius 1 is 0.870 bits per heavy atom. The predicted molar refractivity (Wildman–Crippen MR) is 265 cm³/mol. The topological polar surface area (TPSA) is 154 Å². The summed E-state index contributed by atoms with van der Waals surface area (Å²) in [4.78, 5) is 56.8. The third kappa shape index (κ3) is 9.27. The fraction of sp³-hybridized carbons (Fsp3) is 0.519. The smallest absolute Gasteiger partial charge is 0.255 e. The molecule has 69 heavy (non-hydrogen) atoms. The molecular weight excluding hydrogens is 869 g/mol. The monoisotopic (exact) mass is 935 g/mol. The van der Waals surface area contributed by atoms with Gasteiger partial charge in [0, 0.05) is 81.3 Å². The van der Waals surface area contributed by atoms with E-state index in [9.17, 15) is 19.5 Å². The van der Waals surface area contributed by atoms with Crippen molar-refractivity contribution in [2.45, 2.75) is 104 Å². The molecule has 2 bridgehead atoms. The summed E-state index contributed by atoms with van der Waals surface area (Å²) >= 11 is 0. The van der Waals surface area contributed by atoms with Gasteiger partial charge >= 0.3 is 0 Å². The molecule has 1 spiro atoms. The number of pyridine rings is 1. The Hall–Kier alpha value is -6.06. The van der Waals surface area contributed by atoms with Crippen molar-refractivity contribution in [3.63, 3.8) is 0 Å². The number of imidazole rings is 1. The molecule has 11 rings (SSSR count). The van der Waals surface area contributed by atoms with Crippen LogP contribution >= 0.6 is 0 Å². The fourth-order valence-corrected chi connectivity index (χ4v) is 12.2. The van der Waals surface area contributed by atoms with Crippen LogP contribution in [0.4, 0.5) is 5.69 Å². The SMILES string of the molecule is Cc1cc2cc(n1)-c1cnn(C)c1OCCC[C@@H](C)Cn1c(nc3ccc(CN4CCC5(CC4)CCN(CC4CCN(c6ccc7c(c6)CN(C6CCC(=O)NC6=O)C7=O)CC4)CC5)cc31)/C=C/2O. The molecule has 4 saturated heterocycles. The molecule has 2 aromatic carbocycles. The first-order valence-electron chi connectivity index (χ1n) is 25.5. The lowest BCUT2D eigenvalue weighted by atomic mass is 9.71. The van der Waals surface area contributed by atoms with E-state index in [1.807, 2.05) is 38.2 Å². The van der Waals surface area contributed by atoms with Gasteiger partial charge in [0.15, 0.2) is 0 Å². The summed E-state index contributed by atoms with van der Waals surface area (Å²) in [7, 11) is 1.88.